The van der Waals surface area contributed by atoms with Crippen LogP contribution in [0.3, 0.4) is 0 Å². The SMILES string of the molecule is COCC(CNC(=O)Cc1ccccc1CN)OC. The number of ether oxygens (including phenoxy) is 2. The first-order valence-corrected chi connectivity index (χ1v) is 6.26. The van der Waals surface area contributed by atoms with Crippen molar-refractivity contribution in [3.05, 3.63) is 35.4 Å². The maximum atomic E-state index is 11.9. The molecule has 0 spiro atoms. The van der Waals surface area contributed by atoms with Gasteiger partial charge in [0, 0.05) is 27.3 Å². The Morgan fingerprint density at radius 3 is 2.58 bits per heavy atom. The molecule has 1 unspecified atom stereocenters. The highest BCUT2D eigenvalue weighted by Gasteiger charge is 2.10. The summed E-state index contributed by atoms with van der Waals surface area (Å²) in [6, 6.07) is 7.68. The fraction of sp³-hybridized carbons (Fsp3) is 0.500. The van der Waals surface area contributed by atoms with Gasteiger partial charge in [-0.1, -0.05) is 24.3 Å². The number of nitrogens with two attached hydrogens (primary N) is 1. The van der Waals surface area contributed by atoms with Crippen LogP contribution in [0.15, 0.2) is 24.3 Å². The number of hydrogen-bond acceptors (Lipinski definition) is 4. The Morgan fingerprint density at radius 2 is 2.00 bits per heavy atom. The predicted molar refractivity (Wildman–Crippen MR) is 73.7 cm³/mol. The summed E-state index contributed by atoms with van der Waals surface area (Å²) in [6.07, 6.45) is 0.204. The highest BCUT2D eigenvalue weighted by atomic mass is 16.5. The normalized spacial score (nSPS) is 12.2. The summed E-state index contributed by atoms with van der Waals surface area (Å²) in [6.45, 7) is 1.33. The Kier molecular flexibility index (Phi) is 7.10. The zero-order chi connectivity index (χ0) is 14.1. The van der Waals surface area contributed by atoms with Crippen LogP contribution in [0.25, 0.3) is 0 Å². The molecule has 0 aliphatic heterocycles. The Balaban J connectivity index is 2.46. The molecule has 0 aliphatic rings. The van der Waals surface area contributed by atoms with Gasteiger partial charge in [-0.15, -0.1) is 0 Å². The summed E-state index contributed by atoms with van der Waals surface area (Å²) in [7, 11) is 3.20. The standard InChI is InChI=1S/C14H22N2O3/c1-18-10-13(19-2)9-16-14(17)7-11-5-3-4-6-12(11)8-15/h3-6,13H,7-10,15H2,1-2H3,(H,16,17). The second kappa shape index (κ2) is 8.63. The van der Waals surface area contributed by atoms with Gasteiger partial charge in [0.15, 0.2) is 0 Å². The van der Waals surface area contributed by atoms with E-state index in [9.17, 15) is 4.79 Å². The van der Waals surface area contributed by atoms with Crippen molar-refractivity contribution in [2.24, 2.45) is 5.73 Å². The molecule has 0 saturated heterocycles. The number of benzene rings is 1. The maximum Gasteiger partial charge on any atom is 0.224 e. The van der Waals surface area contributed by atoms with E-state index in [1.807, 2.05) is 24.3 Å². The van der Waals surface area contributed by atoms with Gasteiger partial charge in [-0.25, -0.2) is 0 Å². The number of amides is 1. The predicted octanol–water partition coefficient (Wildman–Crippen LogP) is 0.465. The maximum absolute atomic E-state index is 11.9. The topological polar surface area (TPSA) is 73.6 Å². The molecule has 0 fully saturated rings. The van der Waals surface area contributed by atoms with E-state index in [1.165, 1.54) is 0 Å². The molecule has 0 bridgehead atoms. The van der Waals surface area contributed by atoms with E-state index in [0.717, 1.165) is 11.1 Å². The number of hydrogen-bond donors (Lipinski definition) is 2. The molecule has 1 amide bonds. The fourth-order valence-electron chi connectivity index (χ4n) is 1.79. The van der Waals surface area contributed by atoms with Crippen molar-refractivity contribution in [2.45, 2.75) is 19.1 Å². The van der Waals surface area contributed by atoms with E-state index >= 15 is 0 Å². The first kappa shape index (κ1) is 15.6. The lowest BCUT2D eigenvalue weighted by molar-refractivity contribution is -0.121. The van der Waals surface area contributed by atoms with Crippen molar-refractivity contribution < 1.29 is 14.3 Å². The number of methoxy groups -OCH3 is 2. The molecule has 1 atom stereocenters. The molecular formula is C14H22N2O3. The second-order valence-electron chi connectivity index (χ2n) is 4.27. The van der Waals surface area contributed by atoms with Crippen LogP contribution in [0.4, 0.5) is 0 Å². The van der Waals surface area contributed by atoms with Gasteiger partial charge in [-0.2, -0.15) is 0 Å². The Hall–Kier alpha value is -1.43. The summed E-state index contributed by atoms with van der Waals surface area (Å²) >= 11 is 0. The van der Waals surface area contributed by atoms with E-state index in [2.05, 4.69) is 5.32 Å². The van der Waals surface area contributed by atoms with Gasteiger partial charge in [-0.05, 0) is 11.1 Å². The minimum atomic E-state index is -0.126. The quantitative estimate of drug-likeness (QED) is 0.717. The van der Waals surface area contributed by atoms with Gasteiger partial charge >= 0.3 is 0 Å². The average Bonchev–Trinajstić information content (AvgIpc) is 2.44. The van der Waals surface area contributed by atoms with E-state index < -0.39 is 0 Å². The van der Waals surface area contributed by atoms with Crippen LogP contribution in [0.1, 0.15) is 11.1 Å². The smallest absolute Gasteiger partial charge is 0.224 e. The minimum absolute atomic E-state index is 0.0425. The molecule has 3 N–H and O–H groups in total. The van der Waals surface area contributed by atoms with Crippen molar-refractivity contribution in [1.29, 1.82) is 0 Å². The van der Waals surface area contributed by atoms with Crippen molar-refractivity contribution >= 4 is 5.91 Å². The van der Waals surface area contributed by atoms with Crippen LogP contribution >= 0.6 is 0 Å². The van der Waals surface area contributed by atoms with Gasteiger partial charge in [0.2, 0.25) is 5.91 Å². The highest BCUT2D eigenvalue weighted by Crippen LogP contribution is 2.08. The Morgan fingerprint density at radius 1 is 1.32 bits per heavy atom. The third-order valence-corrected chi connectivity index (χ3v) is 2.90. The number of nitrogens with one attached hydrogen (secondary N) is 1. The third-order valence-electron chi connectivity index (χ3n) is 2.90. The fourth-order valence-corrected chi connectivity index (χ4v) is 1.79. The summed E-state index contributed by atoms with van der Waals surface area (Å²) in [5, 5.41) is 2.83. The van der Waals surface area contributed by atoms with Crippen LogP contribution in [0.2, 0.25) is 0 Å². The summed E-state index contributed by atoms with van der Waals surface area (Å²) in [4.78, 5) is 11.9. The molecule has 19 heavy (non-hydrogen) atoms. The monoisotopic (exact) mass is 266 g/mol. The van der Waals surface area contributed by atoms with Crippen LogP contribution in [-0.4, -0.2) is 39.4 Å². The highest BCUT2D eigenvalue weighted by molar-refractivity contribution is 5.78. The van der Waals surface area contributed by atoms with Crippen LogP contribution in [0, 0.1) is 0 Å². The van der Waals surface area contributed by atoms with E-state index in [-0.39, 0.29) is 12.0 Å². The van der Waals surface area contributed by atoms with Gasteiger partial charge in [0.1, 0.15) is 0 Å². The molecule has 0 radical (unpaired) electrons. The third kappa shape index (κ3) is 5.38. The molecule has 106 valence electrons. The number of carbonyl (C=O) groups excluding carboxylic acids is 1. The molecule has 0 saturated carbocycles. The lowest BCUT2D eigenvalue weighted by Crippen LogP contribution is -2.36. The first-order valence-electron chi connectivity index (χ1n) is 6.26. The molecule has 1 aromatic carbocycles. The molecule has 5 nitrogen and oxygen atoms in total. The van der Waals surface area contributed by atoms with Crippen LogP contribution in [-0.2, 0) is 27.2 Å². The molecule has 5 heteroatoms. The molecule has 1 rings (SSSR count). The molecule has 0 heterocycles. The van der Waals surface area contributed by atoms with Crippen molar-refractivity contribution in [3.63, 3.8) is 0 Å². The minimum Gasteiger partial charge on any atom is -0.382 e. The van der Waals surface area contributed by atoms with Crippen molar-refractivity contribution in [1.82, 2.24) is 5.32 Å². The van der Waals surface area contributed by atoms with Gasteiger partial charge in [0.25, 0.3) is 0 Å². The summed E-state index contributed by atoms with van der Waals surface area (Å²) in [5.41, 5.74) is 7.60. The Labute approximate surface area is 114 Å². The number of rotatable bonds is 8. The van der Waals surface area contributed by atoms with E-state index in [0.29, 0.717) is 26.1 Å². The largest absolute Gasteiger partial charge is 0.382 e. The van der Waals surface area contributed by atoms with Gasteiger partial charge in [0.05, 0.1) is 19.1 Å². The number of carbonyl (C=O) groups is 1. The zero-order valence-corrected chi connectivity index (χ0v) is 11.5. The summed E-state index contributed by atoms with van der Waals surface area (Å²) < 4.78 is 10.2. The summed E-state index contributed by atoms with van der Waals surface area (Å²) in [5.74, 6) is -0.0425. The van der Waals surface area contributed by atoms with Gasteiger partial charge < -0.3 is 20.5 Å². The van der Waals surface area contributed by atoms with E-state index in [1.54, 1.807) is 14.2 Å². The molecule has 0 aromatic heterocycles. The van der Waals surface area contributed by atoms with Gasteiger partial charge in [-0.3, -0.25) is 4.79 Å². The second-order valence-corrected chi connectivity index (χ2v) is 4.27. The first-order chi connectivity index (χ1) is 9.21. The Bertz CT molecular complexity index is 396. The molecule has 1 aromatic rings. The lowest BCUT2D eigenvalue weighted by atomic mass is 10.0. The van der Waals surface area contributed by atoms with Crippen LogP contribution in [0.5, 0.6) is 0 Å². The molecular weight excluding hydrogens is 244 g/mol. The van der Waals surface area contributed by atoms with Crippen molar-refractivity contribution in [2.75, 3.05) is 27.4 Å². The average molecular weight is 266 g/mol. The molecule has 0 aliphatic carbocycles. The zero-order valence-electron chi connectivity index (χ0n) is 11.5. The van der Waals surface area contributed by atoms with Crippen molar-refractivity contribution in [3.8, 4) is 0 Å². The lowest BCUT2D eigenvalue weighted by Gasteiger charge is -2.15. The van der Waals surface area contributed by atoms with Crippen LogP contribution < -0.4 is 11.1 Å². The van der Waals surface area contributed by atoms with E-state index in [4.69, 9.17) is 15.2 Å².